The quantitative estimate of drug-likeness (QED) is 0.491. The van der Waals surface area contributed by atoms with Crippen molar-refractivity contribution in [1.82, 2.24) is 9.38 Å². The highest BCUT2D eigenvalue weighted by atomic mass is 14.8. The molecule has 4 rings (SSSR count). The van der Waals surface area contributed by atoms with Gasteiger partial charge in [-0.1, -0.05) is 18.2 Å². The Morgan fingerprint density at radius 2 is 1.79 bits per heavy atom. The van der Waals surface area contributed by atoms with Crippen LogP contribution in [0.1, 0.15) is 0 Å². The summed E-state index contributed by atoms with van der Waals surface area (Å²) in [7, 11) is 0. The van der Waals surface area contributed by atoms with Gasteiger partial charge in [0.15, 0.2) is 0 Å². The molecule has 0 fully saturated rings. The van der Waals surface area contributed by atoms with Gasteiger partial charge in [0.2, 0.25) is 0 Å². The summed E-state index contributed by atoms with van der Waals surface area (Å²) < 4.78 is 2.14. The number of rotatable bonds is 1. The Hall–Kier alpha value is -2.61. The van der Waals surface area contributed by atoms with Crippen molar-refractivity contribution in [2.24, 2.45) is 0 Å². The van der Waals surface area contributed by atoms with Gasteiger partial charge in [-0.25, -0.2) is 0 Å². The number of hydrogen-bond donors (Lipinski definition) is 0. The molecule has 90 valence electrons. The zero-order chi connectivity index (χ0) is 12.7. The first kappa shape index (κ1) is 10.3. The molecule has 19 heavy (non-hydrogen) atoms. The fourth-order valence-electron chi connectivity index (χ4n) is 2.47. The number of aromatic nitrogens is 2. The van der Waals surface area contributed by atoms with Gasteiger partial charge in [0, 0.05) is 35.7 Å². The van der Waals surface area contributed by atoms with E-state index < -0.39 is 0 Å². The van der Waals surface area contributed by atoms with Gasteiger partial charge in [-0.15, -0.1) is 0 Å². The van der Waals surface area contributed by atoms with Crippen LogP contribution in [0.4, 0.5) is 0 Å². The van der Waals surface area contributed by atoms with Gasteiger partial charge in [-0.2, -0.15) is 0 Å². The van der Waals surface area contributed by atoms with Crippen LogP contribution in [-0.4, -0.2) is 9.38 Å². The van der Waals surface area contributed by atoms with Gasteiger partial charge in [-0.3, -0.25) is 4.98 Å². The van der Waals surface area contributed by atoms with E-state index in [0.29, 0.717) is 0 Å². The lowest BCUT2D eigenvalue weighted by Gasteiger charge is -2.05. The summed E-state index contributed by atoms with van der Waals surface area (Å²) in [5.74, 6) is 0. The molecule has 3 aromatic heterocycles. The first-order chi connectivity index (χ1) is 9.40. The monoisotopic (exact) mass is 244 g/mol. The molecule has 2 nitrogen and oxygen atoms in total. The second-order valence-electron chi connectivity index (χ2n) is 4.70. The van der Waals surface area contributed by atoms with E-state index in [1.54, 1.807) is 0 Å². The second kappa shape index (κ2) is 3.95. The van der Waals surface area contributed by atoms with Crippen molar-refractivity contribution in [1.29, 1.82) is 0 Å². The molecule has 0 N–H and O–H groups in total. The Morgan fingerprint density at radius 1 is 0.842 bits per heavy atom. The zero-order valence-electron chi connectivity index (χ0n) is 10.3. The van der Waals surface area contributed by atoms with Crippen molar-refractivity contribution in [3.8, 4) is 11.1 Å². The average molecular weight is 244 g/mol. The molecule has 3 heterocycles. The van der Waals surface area contributed by atoms with Crippen molar-refractivity contribution < 1.29 is 0 Å². The highest BCUT2D eigenvalue weighted by molar-refractivity contribution is 5.86. The van der Waals surface area contributed by atoms with E-state index in [4.69, 9.17) is 0 Å². The van der Waals surface area contributed by atoms with Crippen LogP contribution in [0.15, 0.2) is 73.3 Å². The highest BCUT2D eigenvalue weighted by Gasteiger charge is 2.01. The maximum Gasteiger partial charge on any atom is 0.0450 e. The highest BCUT2D eigenvalue weighted by Crippen LogP contribution is 2.24. The largest absolute Gasteiger partial charge is 0.323 e. The minimum absolute atomic E-state index is 1.17. The molecule has 0 aliphatic heterocycles. The normalized spacial score (nSPS) is 11.2. The van der Waals surface area contributed by atoms with Crippen LogP contribution in [0.25, 0.3) is 27.4 Å². The second-order valence-corrected chi connectivity index (χ2v) is 4.70. The molecule has 0 saturated heterocycles. The molecule has 0 spiro atoms. The Labute approximate surface area is 111 Å². The van der Waals surface area contributed by atoms with Crippen LogP contribution in [0.5, 0.6) is 0 Å². The van der Waals surface area contributed by atoms with Gasteiger partial charge in [0.1, 0.15) is 0 Å². The number of hydrogen-bond acceptors (Lipinski definition) is 1. The van der Waals surface area contributed by atoms with Gasteiger partial charge in [0.25, 0.3) is 0 Å². The van der Waals surface area contributed by atoms with Crippen molar-refractivity contribution in [2.45, 2.75) is 0 Å². The van der Waals surface area contributed by atoms with Crippen LogP contribution >= 0.6 is 0 Å². The maximum absolute atomic E-state index is 4.18. The van der Waals surface area contributed by atoms with Crippen LogP contribution in [0, 0.1) is 0 Å². The van der Waals surface area contributed by atoms with E-state index in [1.165, 1.54) is 27.4 Å². The number of pyridine rings is 2. The zero-order valence-corrected chi connectivity index (χ0v) is 10.3. The van der Waals surface area contributed by atoms with Crippen LogP contribution in [0.3, 0.4) is 0 Å². The lowest BCUT2D eigenvalue weighted by atomic mass is 10.0. The smallest absolute Gasteiger partial charge is 0.0450 e. The topological polar surface area (TPSA) is 17.3 Å². The van der Waals surface area contributed by atoms with E-state index in [1.807, 2.05) is 18.5 Å². The Bertz CT molecular complexity index is 874. The summed E-state index contributed by atoms with van der Waals surface area (Å²) in [6, 6.07) is 17.0. The molecular formula is C17H12N2. The first-order valence-corrected chi connectivity index (χ1v) is 6.31. The third kappa shape index (κ3) is 1.69. The fraction of sp³-hybridized carbons (Fsp3) is 0. The molecule has 0 saturated carbocycles. The maximum atomic E-state index is 4.18. The Kier molecular flexibility index (Phi) is 2.15. The SMILES string of the molecule is c1cc2ccc(-c3ccc4ccncc4c3)cn2c1. The number of benzene rings is 1. The first-order valence-electron chi connectivity index (χ1n) is 6.31. The van der Waals surface area contributed by atoms with Crippen LogP contribution in [-0.2, 0) is 0 Å². The lowest BCUT2D eigenvalue weighted by Crippen LogP contribution is -1.85. The number of nitrogens with zero attached hydrogens (tertiary/aromatic N) is 2. The minimum atomic E-state index is 1.17. The Morgan fingerprint density at radius 3 is 2.79 bits per heavy atom. The van der Waals surface area contributed by atoms with Gasteiger partial charge in [0.05, 0.1) is 0 Å². The lowest BCUT2D eigenvalue weighted by molar-refractivity contribution is 1.20. The number of fused-ring (bicyclic) bond motifs is 2. The van der Waals surface area contributed by atoms with Gasteiger partial charge in [-0.05, 0) is 46.8 Å². The van der Waals surface area contributed by atoms with E-state index in [9.17, 15) is 0 Å². The minimum Gasteiger partial charge on any atom is -0.323 e. The van der Waals surface area contributed by atoms with Gasteiger partial charge >= 0.3 is 0 Å². The van der Waals surface area contributed by atoms with Crippen LogP contribution < -0.4 is 0 Å². The standard InChI is InChI=1S/C17H12N2/c1-2-17-6-5-15(12-19(17)9-1)14-4-3-13-7-8-18-11-16(13)10-14/h1-12H. The molecule has 2 heteroatoms. The summed E-state index contributed by atoms with van der Waals surface area (Å²) >= 11 is 0. The molecular weight excluding hydrogens is 232 g/mol. The summed E-state index contributed by atoms with van der Waals surface area (Å²) in [5, 5.41) is 2.40. The van der Waals surface area contributed by atoms with E-state index in [2.05, 4.69) is 64.2 Å². The average Bonchev–Trinajstić information content (AvgIpc) is 2.94. The predicted molar refractivity (Wildman–Crippen MR) is 78.1 cm³/mol. The van der Waals surface area contributed by atoms with E-state index in [-0.39, 0.29) is 0 Å². The fourth-order valence-corrected chi connectivity index (χ4v) is 2.47. The predicted octanol–water partition coefficient (Wildman–Crippen LogP) is 4.15. The molecule has 0 aliphatic rings. The third-order valence-electron chi connectivity index (χ3n) is 3.50. The molecule has 0 aliphatic carbocycles. The van der Waals surface area contributed by atoms with E-state index >= 15 is 0 Å². The molecule has 0 amide bonds. The van der Waals surface area contributed by atoms with Crippen molar-refractivity contribution in [3.05, 3.63) is 73.3 Å². The molecule has 0 bridgehead atoms. The van der Waals surface area contributed by atoms with Crippen molar-refractivity contribution >= 4 is 16.3 Å². The van der Waals surface area contributed by atoms with Crippen LogP contribution in [0.2, 0.25) is 0 Å². The summed E-state index contributed by atoms with van der Waals surface area (Å²) in [5.41, 5.74) is 3.65. The molecule has 0 radical (unpaired) electrons. The summed E-state index contributed by atoms with van der Waals surface area (Å²) in [6.45, 7) is 0. The molecule has 1 aromatic carbocycles. The molecule has 0 atom stereocenters. The summed E-state index contributed by atoms with van der Waals surface area (Å²) in [6.07, 6.45) is 7.97. The molecule has 0 unspecified atom stereocenters. The third-order valence-corrected chi connectivity index (χ3v) is 3.50. The van der Waals surface area contributed by atoms with Crippen molar-refractivity contribution in [2.75, 3.05) is 0 Å². The Balaban J connectivity index is 1.92. The summed E-state index contributed by atoms with van der Waals surface area (Å²) in [4.78, 5) is 4.18. The molecule has 4 aromatic rings. The van der Waals surface area contributed by atoms with Gasteiger partial charge < -0.3 is 4.40 Å². The van der Waals surface area contributed by atoms with Crippen molar-refractivity contribution in [3.63, 3.8) is 0 Å². The van der Waals surface area contributed by atoms with E-state index in [0.717, 1.165) is 0 Å².